The van der Waals surface area contributed by atoms with Crippen molar-refractivity contribution in [2.45, 2.75) is 79.1 Å². The van der Waals surface area contributed by atoms with Crippen LogP contribution in [0.5, 0.6) is 0 Å². The Bertz CT molecular complexity index is 876. The van der Waals surface area contributed by atoms with Gasteiger partial charge in [0.15, 0.2) is 0 Å². The molecule has 0 saturated heterocycles. The number of amides is 1. The molecule has 1 saturated carbocycles. The second-order valence-corrected chi connectivity index (χ2v) is 11.1. The third kappa shape index (κ3) is 12.2. The summed E-state index contributed by atoms with van der Waals surface area (Å²) in [6.07, 6.45) is 12.7. The van der Waals surface area contributed by atoms with Crippen molar-refractivity contribution in [2.75, 3.05) is 0 Å². The smallest absolute Gasteiger partial charge is 0.668 e. The number of allylic oxidation sites excluding steroid dienone is 4. The molecule has 2 aliphatic rings. The molecule has 0 bridgehead atoms. The van der Waals surface area contributed by atoms with E-state index in [1.54, 1.807) is 0 Å². The van der Waals surface area contributed by atoms with Crippen LogP contribution in [0.25, 0.3) is 5.73 Å². The van der Waals surface area contributed by atoms with Gasteiger partial charge in [-0.2, -0.15) is 11.1 Å². The Morgan fingerprint density at radius 3 is 1.54 bits per heavy atom. The van der Waals surface area contributed by atoms with Crippen LogP contribution in [0.1, 0.15) is 79.1 Å². The topological polar surface area (TPSA) is 40.9 Å². The molecular weight excluding hydrogens is 478 g/mol. The van der Waals surface area contributed by atoms with Gasteiger partial charge in [-0.15, -0.1) is 6.92 Å². The molecule has 2 nitrogen and oxygen atoms in total. The van der Waals surface area contributed by atoms with Gasteiger partial charge in [0.1, 0.15) is 9.52 Å². The molecule has 4 rings (SSSR count). The van der Waals surface area contributed by atoms with Gasteiger partial charge >= 0.3 is 21.7 Å². The largest absolute Gasteiger partial charge is 2.00 e. The van der Waals surface area contributed by atoms with Gasteiger partial charge in [-0.25, -0.2) is 5.57 Å². The molecule has 1 amide bonds. The van der Waals surface area contributed by atoms with Crippen molar-refractivity contribution in [3.63, 3.8) is 0 Å². The zero-order valence-electron chi connectivity index (χ0n) is 22.1. The molecule has 35 heavy (non-hydrogen) atoms. The number of nitrogens with one attached hydrogen (secondary N) is 1. The van der Waals surface area contributed by atoms with E-state index in [1.165, 1.54) is 52.8 Å². The summed E-state index contributed by atoms with van der Waals surface area (Å²) < 4.78 is 0. The summed E-state index contributed by atoms with van der Waals surface area (Å²) in [5, 5.41) is 2.90. The van der Waals surface area contributed by atoms with Gasteiger partial charge in [0.25, 0.3) is 0 Å². The molecule has 2 aliphatic carbocycles. The average molecular weight is 521 g/mol. The predicted molar refractivity (Wildman–Crippen MR) is 149 cm³/mol. The maximum atomic E-state index is 10.8. The number of rotatable bonds is 3. The van der Waals surface area contributed by atoms with Crippen molar-refractivity contribution < 1.29 is 26.5 Å². The normalized spacial score (nSPS) is 18.3. The summed E-state index contributed by atoms with van der Waals surface area (Å²) in [5.74, 6) is 0.282. The van der Waals surface area contributed by atoms with Gasteiger partial charge in [0.2, 0.25) is 0 Å². The van der Waals surface area contributed by atoms with Crippen LogP contribution in [-0.2, 0) is 26.5 Å². The average Bonchev–Trinajstić information content (AvgIpc) is 3.15. The molecule has 0 aromatic heterocycles. The van der Waals surface area contributed by atoms with Crippen LogP contribution in [0.4, 0.5) is 0 Å². The monoisotopic (exact) mass is 520 g/mol. The molecule has 1 fully saturated rings. The van der Waals surface area contributed by atoms with Crippen LogP contribution in [0.15, 0.2) is 77.4 Å². The summed E-state index contributed by atoms with van der Waals surface area (Å²) >= 11 is 0. The van der Waals surface area contributed by atoms with Crippen molar-refractivity contribution >= 4 is 25.8 Å². The maximum absolute atomic E-state index is 10.8. The van der Waals surface area contributed by atoms with Gasteiger partial charge in [-0.3, -0.25) is 6.08 Å². The third-order valence-corrected chi connectivity index (χ3v) is 8.33. The Kier molecular flexibility index (Phi) is 15.9. The van der Waals surface area contributed by atoms with Crippen molar-refractivity contribution in [3.05, 3.63) is 89.2 Å². The van der Waals surface area contributed by atoms with Gasteiger partial charge in [-0.1, -0.05) is 136 Å². The number of carbonyl (C=O) groups is 1. The Morgan fingerprint density at radius 2 is 1.23 bits per heavy atom. The first kappa shape index (κ1) is 31.4. The molecule has 1 N–H and O–H groups in total. The number of hydrogen-bond acceptors (Lipinski definition) is 1. The van der Waals surface area contributed by atoms with Crippen molar-refractivity contribution in [1.29, 1.82) is 0 Å². The van der Waals surface area contributed by atoms with Crippen LogP contribution in [0, 0.1) is 17.9 Å². The third-order valence-electron chi connectivity index (χ3n) is 6.89. The molecule has 4 heteroatoms. The molecule has 2 aromatic carbocycles. The van der Waals surface area contributed by atoms with E-state index in [9.17, 15) is 4.79 Å². The second kappa shape index (κ2) is 17.7. The van der Waals surface area contributed by atoms with Crippen LogP contribution in [-0.4, -0.2) is 15.4 Å². The van der Waals surface area contributed by atoms with Gasteiger partial charge in [0, 0.05) is 5.92 Å². The fourth-order valence-corrected chi connectivity index (χ4v) is 5.56. The fourth-order valence-electron chi connectivity index (χ4n) is 4.35. The Labute approximate surface area is 231 Å². The number of carbonyl (C=O) groups excluding carboxylic acids is 1. The number of hydrogen-bond donors (Lipinski definition) is 0. The van der Waals surface area contributed by atoms with E-state index in [-0.39, 0.29) is 43.1 Å². The number of benzene rings is 2. The summed E-state index contributed by atoms with van der Waals surface area (Å²) in [6, 6.07) is 21.3. The zero-order valence-corrected chi connectivity index (χ0v) is 24.8. The summed E-state index contributed by atoms with van der Waals surface area (Å²) in [4.78, 5) is 10.8. The minimum atomic E-state index is -0.336. The Balaban J connectivity index is 0.000000263. The first-order valence-corrected chi connectivity index (χ1v) is 14.0. The Morgan fingerprint density at radius 1 is 0.800 bits per heavy atom. The van der Waals surface area contributed by atoms with Crippen LogP contribution in [0.2, 0.25) is 0 Å². The molecule has 1 radical (unpaired) electrons. The van der Waals surface area contributed by atoms with Gasteiger partial charge < -0.3 is 10.5 Å². The molecular formula is C31H42NOSiTi. The SMILES string of the molecule is CC1=[C-]C(C)C(C)=C1C.[NH-]C(=O)C1CCCCCCCC1.[Ti+2].c1ccc([SiH]c2ccccc2)cc1. The first-order valence-electron chi connectivity index (χ1n) is 12.9. The van der Waals surface area contributed by atoms with Crippen LogP contribution in [0.3, 0.4) is 0 Å². The Hall–Kier alpha value is -1.68. The van der Waals surface area contributed by atoms with Crippen molar-refractivity contribution in [3.8, 4) is 0 Å². The summed E-state index contributed by atoms with van der Waals surface area (Å²) in [7, 11) is 0.271. The van der Waals surface area contributed by atoms with E-state index in [4.69, 9.17) is 5.73 Å². The summed E-state index contributed by atoms with van der Waals surface area (Å²) in [6.45, 7) is 8.67. The minimum absolute atomic E-state index is 0. The zero-order chi connectivity index (χ0) is 24.8. The van der Waals surface area contributed by atoms with Crippen molar-refractivity contribution in [1.82, 2.24) is 0 Å². The van der Waals surface area contributed by atoms with Crippen LogP contribution < -0.4 is 10.4 Å². The summed E-state index contributed by atoms with van der Waals surface area (Å²) in [5.41, 5.74) is 11.3. The van der Waals surface area contributed by atoms with E-state index in [2.05, 4.69) is 94.4 Å². The van der Waals surface area contributed by atoms with E-state index < -0.39 is 0 Å². The fraction of sp³-hybridized carbons (Fsp3) is 0.452. The van der Waals surface area contributed by atoms with Crippen molar-refractivity contribution in [2.24, 2.45) is 11.8 Å². The molecule has 185 valence electrons. The predicted octanol–water partition coefficient (Wildman–Crippen LogP) is 7.11. The molecule has 2 aromatic rings. The molecule has 0 spiro atoms. The molecule has 0 heterocycles. The molecule has 1 atom stereocenters. The molecule has 0 aliphatic heterocycles. The van der Waals surface area contributed by atoms with E-state index in [0.717, 1.165) is 25.7 Å². The van der Waals surface area contributed by atoms with E-state index >= 15 is 0 Å². The minimum Gasteiger partial charge on any atom is -0.668 e. The van der Waals surface area contributed by atoms with E-state index in [0.29, 0.717) is 5.92 Å². The first-order chi connectivity index (χ1) is 16.4. The van der Waals surface area contributed by atoms with Gasteiger partial charge in [-0.05, 0) is 12.8 Å². The quantitative estimate of drug-likeness (QED) is 0.314. The second-order valence-electron chi connectivity index (χ2n) is 9.52. The van der Waals surface area contributed by atoms with Gasteiger partial charge in [0.05, 0.1) is 5.91 Å². The molecule has 1 unspecified atom stereocenters. The van der Waals surface area contributed by atoms with E-state index in [1.807, 2.05) is 0 Å². The van der Waals surface area contributed by atoms with Crippen LogP contribution >= 0.6 is 0 Å². The maximum Gasteiger partial charge on any atom is 2.00 e. The standard InChI is InChI=1S/C12H11Si.C10H19NO.C9H13.Ti/c1-3-7-11(8-4-1)13-12-9-5-2-6-10-12;11-10(12)9-7-5-3-1-2-4-6-8-9;1-6-5-7(2)9(4)8(6)3;/h1-10,13H;9H,1-8H2,(H2,11,12);6H,1-4H3;/q;;-1;+2/p-1.